The van der Waals surface area contributed by atoms with Crippen molar-refractivity contribution in [2.24, 2.45) is 5.73 Å². The van der Waals surface area contributed by atoms with Crippen LogP contribution in [-0.4, -0.2) is 15.2 Å². The quantitative estimate of drug-likeness (QED) is 0.654. The molecule has 0 saturated carbocycles. The van der Waals surface area contributed by atoms with Gasteiger partial charge in [0.1, 0.15) is 16.8 Å². The van der Waals surface area contributed by atoms with Crippen LogP contribution < -0.4 is 10.5 Å². The zero-order chi connectivity index (χ0) is 17.7. The van der Waals surface area contributed by atoms with E-state index in [2.05, 4.69) is 21.3 Å². The third-order valence-electron chi connectivity index (χ3n) is 4.47. The number of hydrogen-bond donors (Lipinski definition) is 2. The molecule has 1 atom stereocenters. The number of rotatable bonds is 1. The highest BCUT2D eigenvalue weighted by Crippen LogP contribution is 2.44. The average molecular weight is 352 g/mol. The number of aryl methyl sites for hydroxylation is 2. The highest BCUT2D eigenvalue weighted by Gasteiger charge is 2.35. The van der Waals surface area contributed by atoms with Crippen LogP contribution in [0.25, 0.3) is 10.9 Å². The van der Waals surface area contributed by atoms with Gasteiger partial charge in [-0.1, -0.05) is 29.8 Å². The maximum absolute atomic E-state index is 9.63. The zero-order valence-electron chi connectivity index (χ0n) is 13.6. The number of para-hydroxylation sites is 1. The highest BCUT2D eigenvalue weighted by atomic mass is 35.5. The molecule has 0 radical (unpaired) electrons. The number of nitrogens with zero attached hydrogens (tertiary/aromatic N) is 3. The molecule has 0 aliphatic carbocycles. The summed E-state index contributed by atoms with van der Waals surface area (Å²) < 4.78 is 5.48. The van der Waals surface area contributed by atoms with Gasteiger partial charge in [0.2, 0.25) is 11.8 Å². The van der Waals surface area contributed by atoms with Crippen molar-refractivity contribution in [1.82, 2.24) is 15.2 Å². The predicted octanol–water partition coefficient (Wildman–Crippen LogP) is 3.45. The molecule has 0 bridgehead atoms. The van der Waals surface area contributed by atoms with E-state index in [1.165, 1.54) is 0 Å². The standard InChI is InChI=1S/C18H14ClN5O/c1-8-4-3-5-10-6-11(16(19)22-15(8)10)14-12(7-20)17(21)25-18-13(14)9(2)23-24-18/h3-6,14H,21H2,1-2H3,(H,23,24)/t14-/m0/s1. The molecule has 3 aromatic rings. The molecular formula is C18H14ClN5O. The molecule has 7 heteroatoms. The van der Waals surface area contributed by atoms with Gasteiger partial charge in [-0.15, -0.1) is 5.10 Å². The second kappa shape index (κ2) is 5.50. The van der Waals surface area contributed by atoms with Gasteiger partial charge < -0.3 is 10.5 Å². The van der Waals surface area contributed by atoms with Crippen LogP contribution in [0.3, 0.4) is 0 Å². The molecule has 1 aromatic carbocycles. The summed E-state index contributed by atoms with van der Waals surface area (Å²) in [5.41, 5.74) is 10.4. The van der Waals surface area contributed by atoms with Gasteiger partial charge in [0.05, 0.1) is 11.4 Å². The average Bonchev–Trinajstić information content (AvgIpc) is 2.95. The summed E-state index contributed by atoms with van der Waals surface area (Å²) in [6.07, 6.45) is 0. The Kier molecular flexibility index (Phi) is 3.41. The lowest BCUT2D eigenvalue weighted by molar-refractivity contribution is 0.379. The fourth-order valence-electron chi connectivity index (χ4n) is 3.25. The van der Waals surface area contributed by atoms with E-state index in [1.807, 2.05) is 38.1 Å². The van der Waals surface area contributed by atoms with Gasteiger partial charge in [0.25, 0.3) is 0 Å². The molecule has 1 aliphatic heterocycles. The minimum atomic E-state index is -0.475. The maximum Gasteiger partial charge on any atom is 0.244 e. The monoisotopic (exact) mass is 351 g/mol. The van der Waals surface area contributed by atoms with Crippen molar-refractivity contribution >= 4 is 22.5 Å². The highest BCUT2D eigenvalue weighted by molar-refractivity contribution is 6.30. The normalized spacial score (nSPS) is 16.5. The van der Waals surface area contributed by atoms with Crippen molar-refractivity contribution in [3.05, 3.63) is 63.3 Å². The Hall–Kier alpha value is -3.04. The van der Waals surface area contributed by atoms with Crippen LogP contribution >= 0.6 is 11.6 Å². The molecule has 0 unspecified atom stereocenters. The van der Waals surface area contributed by atoms with Crippen molar-refractivity contribution in [1.29, 1.82) is 5.26 Å². The molecule has 0 spiro atoms. The molecule has 124 valence electrons. The number of hydrogen-bond acceptors (Lipinski definition) is 5. The molecule has 2 aromatic heterocycles. The summed E-state index contributed by atoms with van der Waals surface area (Å²) >= 11 is 6.51. The number of aromatic amines is 1. The first-order chi connectivity index (χ1) is 12.0. The van der Waals surface area contributed by atoms with Crippen LogP contribution in [0.4, 0.5) is 0 Å². The first kappa shape index (κ1) is 15.5. The Morgan fingerprint density at radius 3 is 2.92 bits per heavy atom. The fraction of sp³-hybridized carbons (Fsp3) is 0.167. The predicted molar refractivity (Wildman–Crippen MR) is 94.1 cm³/mol. The number of H-pyrrole nitrogens is 1. The SMILES string of the molecule is Cc1[nH]nc2c1[C@@H](c1cc3cccc(C)c3nc1Cl)C(C#N)=C(N)O2. The lowest BCUT2D eigenvalue weighted by Crippen LogP contribution is -2.21. The summed E-state index contributed by atoms with van der Waals surface area (Å²) in [6.45, 7) is 3.85. The third-order valence-corrected chi connectivity index (χ3v) is 4.77. The van der Waals surface area contributed by atoms with E-state index < -0.39 is 5.92 Å². The largest absolute Gasteiger partial charge is 0.420 e. The van der Waals surface area contributed by atoms with E-state index >= 15 is 0 Å². The van der Waals surface area contributed by atoms with Crippen LogP contribution in [0.2, 0.25) is 5.15 Å². The maximum atomic E-state index is 9.63. The molecule has 25 heavy (non-hydrogen) atoms. The molecule has 0 amide bonds. The van der Waals surface area contributed by atoms with Crippen LogP contribution in [0, 0.1) is 25.2 Å². The van der Waals surface area contributed by atoms with Gasteiger partial charge in [0, 0.05) is 22.2 Å². The molecule has 1 aliphatic rings. The van der Waals surface area contributed by atoms with Gasteiger partial charge in [-0.05, 0) is 25.5 Å². The number of pyridine rings is 1. The van der Waals surface area contributed by atoms with E-state index in [4.69, 9.17) is 22.1 Å². The van der Waals surface area contributed by atoms with Crippen molar-refractivity contribution < 1.29 is 4.74 Å². The number of allylic oxidation sites excluding steroid dienone is 1. The van der Waals surface area contributed by atoms with Gasteiger partial charge in [0.15, 0.2) is 0 Å². The van der Waals surface area contributed by atoms with Crippen molar-refractivity contribution in [2.75, 3.05) is 0 Å². The Bertz CT molecular complexity index is 1090. The lowest BCUT2D eigenvalue weighted by Gasteiger charge is -2.24. The second-order valence-corrected chi connectivity index (χ2v) is 6.37. The number of fused-ring (bicyclic) bond motifs is 2. The van der Waals surface area contributed by atoms with Gasteiger partial charge in [-0.3, -0.25) is 5.10 Å². The summed E-state index contributed by atoms with van der Waals surface area (Å²) in [4.78, 5) is 4.55. The smallest absolute Gasteiger partial charge is 0.244 e. The second-order valence-electron chi connectivity index (χ2n) is 6.01. The number of ether oxygens (including phenoxy) is 1. The fourth-order valence-corrected chi connectivity index (χ4v) is 3.50. The van der Waals surface area contributed by atoms with Crippen molar-refractivity contribution in [3.8, 4) is 11.9 Å². The van der Waals surface area contributed by atoms with E-state index in [1.54, 1.807) is 0 Å². The van der Waals surface area contributed by atoms with Crippen LogP contribution in [0.1, 0.15) is 28.3 Å². The Morgan fingerprint density at radius 2 is 2.16 bits per heavy atom. The Morgan fingerprint density at radius 1 is 1.36 bits per heavy atom. The Labute approximate surface area is 148 Å². The van der Waals surface area contributed by atoms with Crippen molar-refractivity contribution in [3.63, 3.8) is 0 Å². The number of aromatic nitrogens is 3. The van der Waals surface area contributed by atoms with Gasteiger partial charge in [-0.2, -0.15) is 5.26 Å². The number of halogens is 1. The third kappa shape index (κ3) is 2.24. The zero-order valence-corrected chi connectivity index (χ0v) is 14.3. The number of nitrogens with two attached hydrogens (primary N) is 1. The number of nitrogens with one attached hydrogen (secondary N) is 1. The molecule has 3 heterocycles. The van der Waals surface area contributed by atoms with Gasteiger partial charge >= 0.3 is 0 Å². The van der Waals surface area contributed by atoms with Crippen LogP contribution in [-0.2, 0) is 0 Å². The minimum Gasteiger partial charge on any atom is -0.420 e. The summed E-state index contributed by atoms with van der Waals surface area (Å²) in [5.74, 6) is -0.0799. The van der Waals surface area contributed by atoms with Crippen LogP contribution in [0.15, 0.2) is 35.7 Å². The molecule has 0 saturated heterocycles. The van der Waals surface area contributed by atoms with Gasteiger partial charge in [-0.25, -0.2) is 4.98 Å². The molecule has 3 N–H and O–H groups in total. The Balaban J connectivity index is 2.03. The summed E-state index contributed by atoms with van der Waals surface area (Å²) in [7, 11) is 0. The van der Waals surface area contributed by atoms with Crippen LogP contribution in [0.5, 0.6) is 5.88 Å². The molecule has 4 rings (SSSR count). The minimum absolute atomic E-state index is 0.0342. The van der Waals surface area contributed by atoms with E-state index in [-0.39, 0.29) is 5.88 Å². The number of nitriles is 1. The molecule has 6 nitrogen and oxygen atoms in total. The summed E-state index contributed by atoms with van der Waals surface area (Å²) in [5, 5.41) is 17.9. The lowest BCUT2D eigenvalue weighted by atomic mass is 9.84. The first-order valence-electron chi connectivity index (χ1n) is 7.69. The number of benzene rings is 1. The molecular weight excluding hydrogens is 338 g/mol. The van der Waals surface area contributed by atoms with E-state index in [0.29, 0.717) is 22.2 Å². The molecule has 0 fully saturated rings. The topological polar surface area (TPSA) is 101 Å². The summed E-state index contributed by atoms with van der Waals surface area (Å²) in [6, 6.07) is 10.0. The first-order valence-corrected chi connectivity index (χ1v) is 8.07. The van der Waals surface area contributed by atoms with Crippen molar-refractivity contribution in [2.45, 2.75) is 19.8 Å². The van der Waals surface area contributed by atoms with E-state index in [0.717, 1.165) is 27.7 Å². The van der Waals surface area contributed by atoms with E-state index in [9.17, 15) is 5.26 Å².